The second-order valence-corrected chi connectivity index (χ2v) is 14.9. The predicted molar refractivity (Wildman–Crippen MR) is 219 cm³/mol. The van der Waals surface area contributed by atoms with Gasteiger partial charge in [-0.2, -0.15) is 0 Å². The Hall–Kier alpha value is -4.99. The van der Waals surface area contributed by atoms with Gasteiger partial charge in [-0.1, -0.05) is 157 Å². The number of azide groups is 1. The second kappa shape index (κ2) is 21.0. The summed E-state index contributed by atoms with van der Waals surface area (Å²) in [5.41, 5.74) is 14.4. The number of aliphatic hydroxyl groups is 1. The van der Waals surface area contributed by atoms with E-state index in [2.05, 4.69) is 10.0 Å². The van der Waals surface area contributed by atoms with Crippen LogP contribution >= 0.6 is 0 Å². The van der Waals surface area contributed by atoms with E-state index >= 15 is 0 Å². The zero-order valence-electron chi connectivity index (χ0n) is 33.0. The van der Waals surface area contributed by atoms with Gasteiger partial charge in [0.25, 0.3) is 0 Å². The highest BCUT2D eigenvalue weighted by Gasteiger charge is 2.54. The van der Waals surface area contributed by atoms with E-state index in [1.807, 2.05) is 152 Å². The molecule has 5 aromatic carbocycles. The second-order valence-electron chi connectivity index (χ2n) is 14.9. The van der Waals surface area contributed by atoms with Crippen LogP contribution in [0.1, 0.15) is 34.1 Å². The molecule has 1 N–H and O–H groups in total. The summed E-state index contributed by atoms with van der Waals surface area (Å²) < 4.78 is 58.8. The molecule has 0 aliphatic carbocycles. The molecular weight excluding hydrogens is 767 g/mol. The van der Waals surface area contributed by atoms with E-state index in [1.54, 1.807) is 0 Å². The van der Waals surface area contributed by atoms with Gasteiger partial charge < -0.3 is 47.7 Å². The molecular formula is C47H49N3O10. The van der Waals surface area contributed by atoms with Gasteiger partial charge in [0.2, 0.25) is 0 Å². The summed E-state index contributed by atoms with van der Waals surface area (Å²) in [4.78, 5) is 3.22. The quantitative estimate of drug-likeness (QED) is 0.0565. The smallest absolute Gasteiger partial charge is 0.187 e. The molecule has 3 aliphatic rings. The Kier molecular flexibility index (Phi) is 14.6. The van der Waals surface area contributed by atoms with Crippen molar-refractivity contribution in [3.63, 3.8) is 0 Å². The van der Waals surface area contributed by atoms with Gasteiger partial charge in [0.15, 0.2) is 18.9 Å². The van der Waals surface area contributed by atoms with E-state index in [1.165, 1.54) is 0 Å². The molecule has 13 nitrogen and oxygen atoms in total. The average Bonchev–Trinajstić information content (AvgIpc) is 3.30. The molecule has 11 atom stereocenters. The van der Waals surface area contributed by atoms with Gasteiger partial charge in [0, 0.05) is 10.5 Å². The SMILES string of the molecule is [N-]=[N+]=NC1C(OCc2ccccc2)[C@H](O[C@@H]2OC3COC(c4ccccc4)O[C@H]3C(O)C2OCc2ccccc2)C(COCc2ccccc2)O[C@H]1OCc1ccccc1. The van der Waals surface area contributed by atoms with Crippen LogP contribution in [0, 0.1) is 0 Å². The van der Waals surface area contributed by atoms with Gasteiger partial charge in [-0.25, -0.2) is 0 Å². The molecule has 312 valence electrons. The highest BCUT2D eigenvalue weighted by molar-refractivity contribution is 5.18. The molecule has 3 fully saturated rings. The summed E-state index contributed by atoms with van der Waals surface area (Å²) in [5.74, 6) is 0. The van der Waals surface area contributed by atoms with Gasteiger partial charge in [0.05, 0.1) is 39.6 Å². The van der Waals surface area contributed by atoms with E-state index in [0.717, 1.165) is 27.8 Å². The number of benzene rings is 5. The summed E-state index contributed by atoms with van der Waals surface area (Å²) in [6.45, 7) is 0.930. The summed E-state index contributed by atoms with van der Waals surface area (Å²) in [7, 11) is 0. The maximum Gasteiger partial charge on any atom is 0.187 e. The van der Waals surface area contributed by atoms with Crippen molar-refractivity contribution in [1.82, 2.24) is 0 Å². The first-order valence-electron chi connectivity index (χ1n) is 20.2. The number of aliphatic hydroxyl groups excluding tert-OH is 1. The molecule has 0 bridgehead atoms. The number of nitrogens with zero attached hydrogens (tertiary/aromatic N) is 3. The largest absolute Gasteiger partial charge is 0.387 e. The first kappa shape index (κ1) is 41.7. The Labute approximate surface area is 349 Å². The van der Waals surface area contributed by atoms with Crippen LogP contribution in [0.5, 0.6) is 0 Å². The first-order valence-corrected chi connectivity index (χ1v) is 20.2. The van der Waals surface area contributed by atoms with Crippen molar-refractivity contribution in [3.05, 3.63) is 190 Å². The molecule has 0 radical (unpaired) electrons. The Bertz CT molecular complexity index is 2070. The minimum Gasteiger partial charge on any atom is -0.387 e. The Balaban J connectivity index is 1.11. The van der Waals surface area contributed by atoms with Crippen molar-refractivity contribution in [2.24, 2.45) is 5.11 Å². The van der Waals surface area contributed by atoms with Gasteiger partial charge in [-0.15, -0.1) is 0 Å². The number of fused-ring (bicyclic) bond motifs is 1. The lowest BCUT2D eigenvalue weighted by molar-refractivity contribution is -0.387. The van der Waals surface area contributed by atoms with Crippen LogP contribution in [0.25, 0.3) is 10.4 Å². The van der Waals surface area contributed by atoms with Crippen LogP contribution in [0.4, 0.5) is 0 Å². The lowest BCUT2D eigenvalue weighted by atomic mass is 9.95. The van der Waals surface area contributed by atoms with Crippen LogP contribution < -0.4 is 0 Å². The van der Waals surface area contributed by atoms with Gasteiger partial charge in [-0.05, 0) is 27.8 Å². The van der Waals surface area contributed by atoms with E-state index < -0.39 is 67.6 Å². The zero-order chi connectivity index (χ0) is 40.9. The summed E-state index contributed by atoms with van der Waals surface area (Å²) in [6, 6.07) is 47.3. The number of ether oxygens (including phenoxy) is 9. The van der Waals surface area contributed by atoms with E-state index in [4.69, 9.17) is 42.6 Å². The molecule has 0 saturated carbocycles. The topological polar surface area (TPSA) is 152 Å². The standard InChI is InChI=1S/C47H49N3O10/c48-50-49-39-43(53-27-33-18-8-2-9-19-33)42(37(30-52-26-32-16-6-1-7-17-32)57-46(39)55-29-35-22-12-4-13-23-35)60-47-44(54-28-34-20-10-3-11-21-34)40(51)41-38(58-47)31-56-45(59-41)36-24-14-5-15-25-36/h1-25,37-47,51H,26-31H2/t37?,38?,39?,40?,41-,42-,43?,44?,45?,46-,47+/m1/s1. The minimum atomic E-state index is -1.21. The highest BCUT2D eigenvalue weighted by Crippen LogP contribution is 2.38. The molecule has 7 unspecified atom stereocenters. The molecule has 5 aromatic rings. The molecule has 60 heavy (non-hydrogen) atoms. The summed E-state index contributed by atoms with van der Waals surface area (Å²) in [5, 5.41) is 16.4. The third-order valence-electron chi connectivity index (χ3n) is 10.7. The summed E-state index contributed by atoms with van der Waals surface area (Å²) in [6.07, 6.45) is -9.52. The molecule has 0 aromatic heterocycles. The molecule has 0 spiro atoms. The Morgan fingerprint density at radius 1 is 0.583 bits per heavy atom. The van der Waals surface area contributed by atoms with Crippen LogP contribution in [-0.2, 0) is 69.1 Å². The first-order chi connectivity index (χ1) is 29.6. The zero-order valence-corrected chi connectivity index (χ0v) is 33.0. The lowest BCUT2D eigenvalue weighted by Gasteiger charge is -2.50. The van der Waals surface area contributed by atoms with Crippen molar-refractivity contribution >= 4 is 0 Å². The molecule has 3 aliphatic heterocycles. The van der Waals surface area contributed by atoms with Crippen LogP contribution in [0.3, 0.4) is 0 Å². The normalized spacial score (nSPS) is 28.9. The number of rotatable bonds is 17. The van der Waals surface area contributed by atoms with E-state index in [9.17, 15) is 10.6 Å². The number of hydrogen-bond donors (Lipinski definition) is 1. The molecule has 3 saturated heterocycles. The third kappa shape index (κ3) is 10.7. The fourth-order valence-corrected chi connectivity index (χ4v) is 7.64. The fourth-order valence-electron chi connectivity index (χ4n) is 7.64. The Morgan fingerprint density at radius 2 is 1.10 bits per heavy atom. The van der Waals surface area contributed by atoms with Gasteiger partial charge in [-0.3, -0.25) is 0 Å². The predicted octanol–water partition coefficient (Wildman–Crippen LogP) is 7.58. The highest BCUT2D eigenvalue weighted by atomic mass is 16.8. The molecule has 8 rings (SSSR count). The van der Waals surface area contributed by atoms with Crippen molar-refractivity contribution < 1.29 is 47.7 Å². The molecule has 13 heteroatoms. The number of hydrogen-bond acceptors (Lipinski definition) is 11. The van der Waals surface area contributed by atoms with E-state index in [0.29, 0.717) is 6.61 Å². The lowest BCUT2D eigenvalue weighted by Crippen LogP contribution is -2.66. The summed E-state index contributed by atoms with van der Waals surface area (Å²) >= 11 is 0. The van der Waals surface area contributed by atoms with Crippen molar-refractivity contribution in [2.75, 3.05) is 13.2 Å². The minimum absolute atomic E-state index is 0.0424. The van der Waals surface area contributed by atoms with Crippen molar-refractivity contribution in [1.29, 1.82) is 0 Å². The fraction of sp³-hybridized carbons (Fsp3) is 0.362. The molecule has 0 amide bonds. The third-order valence-corrected chi connectivity index (χ3v) is 10.7. The monoisotopic (exact) mass is 815 g/mol. The van der Waals surface area contributed by atoms with Crippen LogP contribution in [0.2, 0.25) is 0 Å². The van der Waals surface area contributed by atoms with Gasteiger partial charge in [0.1, 0.15) is 48.8 Å². The van der Waals surface area contributed by atoms with Gasteiger partial charge >= 0.3 is 0 Å². The average molecular weight is 816 g/mol. The maximum absolute atomic E-state index is 12.2. The van der Waals surface area contributed by atoms with Crippen molar-refractivity contribution in [2.45, 2.75) is 94.1 Å². The van der Waals surface area contributed by atoms with E-state index in [-0.39, 0.29) is 33.0 Å². The molecule has 3 heterocycles. The maximum atomic E-state index is 12.2. The van der Waals surface area contributed by atoms with Crippen LogP contribution in [-0.4, -0.2) is 79.7 Å². The van der Waals surface area contributed by atoms with Crippen molar-refractivity contribution in [3.8, 4) is 0 Å². The van der Waals surface area contributed by atoms with Crippen LogP contribution in [0.15, 0.2) is 157 Å². The Morgan fingerprint density at radius 3 is 1.67 bits per heavy atom.